The summed E-state index contributed by atoms with van der Waals surface area (Å²) < 4.78 is 4.66. The predicted molar refractivity (Wildman–Crippen MR) is 66.9 cm³/mol. The highest BCUT2D eigenvalue weighted by Crippen LogP contribution is 2.27. The number of esters is 1. The van der Waals surface area contributed by atoms with Gasteiger partial charge in [-0.3, -0.25) is 4.79 Å². The van der Waals surface area contributed by atoms with Crippen LogP contribution in [0.4, 0.5) is 0 Å². The van der Waals surface area contributed by atoms with E-state index in [-0.39, 0.29) is 5.97 Å². The second kappa shape index (κ2) is 6.36. The molecule has 1 saturated carbocycles. The standard InChI is InChI=1S/C13H24N2O2/c1-17-13(16)5-6-14-7-9-15(10-8-14)11-12-3-2-4-12/h12H,2-11H2,1H3. The fraction of sp³-hybridized carbons (Fsp3) is 0.923. The van der Waals surface area contributed by atoms with Crippen molar-refractivity contribution in [3.63, 3.8) is 0 Å². The van der Waals surface area contributed by atoms with Crippen molar-refractivity contribution in [1.82, 2.24) is 9.80 Å². The number of ether oxygens (including phenoxy) is 1. The van der Waals surface area contributed by atoms with E-state index in [4.69, 9.17) is 0 Å². The van der Waals surface area contributed by atoms with Crippen molar-refractivity contribution in [1.29, 1.82) is 0 Å². The van der Waals surface area contributed by atoms with Crippen LogP contribution in [-0.2, 0) is 9.53 Å². The molecule has 4 heteroatoms. The van der Waals surface area contributed by atoms with Gasteiger partial charge in [0.05, 0.1) is 13.5 Å². The summed E-state index contributed by atoms with van der Waals surface area (Å²) in [4.78, 5) is 16.0. The number of nitrogens with zero attached hydrogens (tertiary/aromatic N) is 2. The maximum Gasteiger partial charge on any atom is 0.306 e. The van der Waals surface area contributed by atoms with Gasteiger partial charge in [-0.15, -0.1) is 0 Å². The molecule has 0 unspecified atom stereocenters. The number of methoxy groups -OCH3 is 1. The Morgan fingerprint density at radius 3 is 2.35 bits per heavy atom. The maximum absolute atomic E-state index is 11.1. The van der Waals surface area contributed by atoms with Crippen molar-refractivity contribution in [2.75, 3.05) is 46.4 Å². The molecule has 1 aliphatic carbocycles. The number of carbonyl (C=O) groups is 1. The molecule has 0 bridgehead atoms. The van der Waals surface area contributed by atoms with Crippen molar-refractivity contribution >= 4 is 5.97 Å². The molecule has 1 saturated heterocycles. The SMILES string of the molecule is COC(=O)CCN1CCN(CC2CCC2)CC1. The Balaban J connectivity index is 1.58. The van der Waals surface area contributed by atoms with E-state index in [1.165, 1.54) is 32.9 Å². The summed E-state index contributed by atoms with van der Waals surface area (Å²) in [5.74, 6) is 0.874. The molecule has 1 heterocycles. The zero-order valence-corrected chi connectivity index (χ0v) is 10.9. The van der Waals surface area contributed by atoms with E-state index in [2.05, 4.69) is 14.5 Å². The van der Waals surface area contributed by atoms with Gasteiger partial charge in [0, 0.05) is 39.3 Å². The molecule has 0 atom stereocenters. The zero-order valence-electron chi connectivity index (χ0n) is 10.9. The number of carbonyl (C=O) groups excluding carboxylic acids is 1. The van der Waals surface area contributed by atoms with Crippen LogP contribution in [0.3, 0.4) is 0 Å². The van der Waals surface area contributed by atoms with Gasteiger partial charge in [0.2, 0.25) is 0 Å². The normalized spacial score (nSPS) is 23.4. The minimum atomic E-state index is -0.0955. The summed E-state index contributed by atoms with van der Waals surface area (Å²) >= 11 is 0. The summed E-state index contributed by atoms with van der Waals surface area (Å²) in [6, 6.07) is 0. The lowest BCUT2D eigenvalue weighted by atomic mass is 9.85. The summed E-state index contributed by atoms with van der Waals surface area (Å²) in [6.45, 7) is 6.68. The van der Waals surface area contributed by atoms with Crippen LogP contribution >= 0.6 is 0 Å². The molecule has 98 valence electrons. The van der Waals surface area contributed by atoms with E-state index >= 15 is 0 Å². The molecule has 0 aromatic rings. The second-order valence-corrected chi connectivity index (χ2v) is 5.27. The summed E-state index contributed by atoms with van der Waals surface area (Å²) in [5.41, 5.74) is 0. The van der Waals surface area contributed by atoms with E-state index in [1.54, 1.807) is 0 Å². The Bertz CT molecular complexity index is 246. The highest BCUT2D eigenvalue weighted by molar-refractivity contribution is 5.69. The van der Waals surface area contributed by atoms with Gasteiger partial charge in [-0.25, -0.2) is 0 Å². The molecule has 17 heavy (non-hydrogen) atoms. The first-order valence-corrected chi connectivity index (χ1v) is 6.79. The van der Waals surface area contributed by atoms with Gasteiger partial charge in [0.1, 0.15) is 0 Å². The molecule has 2 fully saturated rings. The number of piperazine rings is 1. The van der Waals surface area contributed by atoms with E-state index in [0.29, 0.717) is 6.42 Å². The predicted octanol–water partition coefficient (Wildman–Crippen LogP) is 0.967. The van der Waals surface area contributed by atoms with Crippen LogP contribution in [0.25, 0.3) is 0 Å². The van der Waals surface area contributed by atoms with Crippen molar-refractivity contribution < 1.29 is 9.53 Å². The van der Waals surface area contributed by atoms with Crippen LogP contribution in [0.1, 0.15) is 25.7 Å². The first-order chi connectivity index (χ1) is 8.28. The van der Waals surface area contributed by atoms with Crippen molar-refractivity contribution in [3.8, 4) is 0 Å². The van der Waals surface area contributed by atoms with Gasteiger partial charge in [-0.2, -0.15) is 0 Å². The van der Waals surface area contributed by atoms with Crippen LogP contribution in [-0.4, -0.2) is 62.1 Å². The van der Waals surface area contributed by atoms with Crippen molar-refractivity contribution in [2.24, 2.45) is 5.92 Å². The van der Waals surface area contributed by atoms with Crippen LogP contribution in [0.15, 0.2) is 0 Å². The van der Waals surface area contributed by atoms with E-state index in [1.807, 2.05) is 0 Å². The fourth-order valence-electron chi connectivity index (χ4n) is 2.59. The summed E-state index contributed by atoms with van der Waals surface area (Å²) in [7, 11) is 1.46. The van der Waals surface area contributed by atoms with Crippen LogP contribution in [0.2, 0.25) is 0 Å². The van der Waals surface area contributed by atoms with E-state index in [0.717, 1.165) is 38.6 Å². The Hall–Kier alpha value is -0.610. The Morgan fingerprint density at radius 1 is 1.18 bits per heavy atom. The average Bonchev–Trinajstić information content (AvgIpc) is 2.32. The first kappa shape index (κ1) is 12.8. The molecule has 0 radical (unpaired) electrons. The Kier molecular flexibility index (Phi) is 4.80. The molecule has 4 nitrogen and oxygen atoms in total. The van der Waals surface area contributed by atoms with Crippen molar-refractivity contribution in [3.05, 3.63) is 0 Å². The van der Waals surface area contributed by atoms with E-state index in [9.17, 15) is 4.79 Å². The van der Waals surface area contributed by atoms with Gasteiger partial charge in [-0.05, 0) is 18.8 Å². The lowest BCUT2D eigenvalue weighted by molar-refractivity contribution is -0.141. The number of rotatable bonds is 5. The van der Waals surface area contributed by atoms with E-state index < -0.39 is 0 Å². The minimum absolute atomic E-state index is 0.0955. The quantitative estimate of drug-likeness (QED) is 0.670. The lowest BCUT2D eigenvalue weighted by Gasteiger charge is -2.38. The zero-order chi connectivity index (χ0) is 12.1. The molecule has 0 aromatic carbocycles. The lowest BCUT2D eigenvalue weighted by Crippen LogP contribution is -2.48. The van der Waals surface area contributed by atoms with Crippen LogP contribution in [0, 0.1) is 5.92 Å². The Labute approximate surface area is 104 Å². The highest BCUT2D eigenvalue weighted by atomic mass is 16.5. The van der Waals surface area contributed by atoms with Gasteiger partial charge in [-0.1, -0.05) is 6.42 Å². The fourth-order valence-corrected chi connectivity index (χ4v) is 2.59. The summed E-state index contributed by atoms with van der Waals surface area (Å²) in [6.07, 6.45) is 4.83. The smallest absolute Gasteiger partial charge is 0.306 e. The van der Waals surface area contributed by atoms with Gasteiger partial charge < -0.3 is 14.5 Å². The van der Waals surface area contributed by atoms with Gasteiger partial charge in [0.15, 0.2) is 0 Å². The monoisotopic (exact) mass is 240 g/mol. The average molecular weight is 240 g/mol. The molecule has 0 aromatic heterocycles. The van der Waals surface area contributed by atoms with Gasteiger partial charge in [0.25, 0.3) is 0 Å². The molecule has 2 aliphatic rings. The third-order valence-electron chi connectivity index (χ3n) is 4.07. The highest BCUT2D eigenvalue weighted by Gasteiger charge is 2.23. The third-order valence-corrected chi connectivity index (χ3v) is 4.07. The number of hydrogen-bond donors (Lipinski definition) is 0. The minimum Gasteiger partial charge on any atom is -0.469 e. The van der Waals surface area contributed by atoms with Crippen molar-refractivity contribution in [2.45, 2.75) is 25.7 Å². The molecule has 0 N–H and O–H groups in total. The summed E-state index contributed by atoms with van der Waals surface area (Å²) in [5, 5.41) is 0. The second-order valence-electron chi connectivity index (χ2n) is 5.27. The Morgan fingerprint density at radius 2 is 1.82 bits per heavy atom. The van der Waals surface area contributed by atoms with Crippen LogP contribution < -0.4 is 0 Å². The van der Waals surface area contributed by atoms with Crippen LogP contribution in [0.5, 0.6) is 0 Å². The topological polar surface area (TPSA) is 32.8 Å². The molecule has 0 spiro atoms. The number of hydrogen-bond acceptors (Lipinski definition) is 4. The third kappa shape index (κ3) is 3.96. The molecule has 2 rings (SSSR count). The molecular formula is C13H24N2O2. The molecule has 0 amide bonds. The van der Waals surface area contributed by atoms with Gasteiger partial charge >= 0.3 is 5.97 Å². The maximum atomic E-state index is 11.1. The largest absolute Gasteiger partial charge is 0.469 e. The first-order valence-electron chi connectivity index (χ1n) is 6.79. The molecule has 1 aliphatic heterocycles. The molecular weight excluding hydrogens is 216 g/mol.